The van der Waals surface area contributed by atoms with Crippen LogP contribution < -0.4 is 22.8 Å². The summed E-state index contributed by atoms with van der Waals surface area (Å²) in [5.41, 5.74) is 5.32. The van der Waals surface area contributed by atoms with Gasteiger partial charge in [0.15, 0.2) is 5.92 Å². The van der Waals surface area contributed by atoms with Crippen LogP contribution in [0.4, 0.5) is 0 Å². The number of imide groups is 1. The van der Waals surface area contributed by atoms with Gasteiger partial charge in [0.25, 0.3) is 0 Å². The fourth-order valence-electron chi connectivity index (χ4n) is 0.970. The Kier molecular flexibility index (Phi) is 11.2. The molecule has 0 aromatic rings. The summed E-state index contributed by atoms with van der Waals surface area (Å²) in [5.74, 6) is 5.43. The second-order valence-corrected chi connectivity index (χ2v) is 3.20. The summed E-state index contributed by atoms with van der Waals surface area (Å²) in [7, 11) is 1.08. The molecule has 0 saturated carbocycles. The second kappa shape index (κ2) is 10.6. The minimum atomic E-state index is -1.37. The summed E-state index contributed by atoms with van der Waals surface area (Å²) in [4.78, 5) is 42.5. The van der Waals surface area contributed by atoms with Crippen LogP contribution in [0.15, 0.2) is 0 Å². The van der Waals surface area contributed by atoms with Crippen molar-refractivity contribution in [2.24, 2.45) is 23.4 Å². The van der Waals surface area contributed by atoms with Crippen LogP contribution in [-0.2, 0) is 28.8 Å². The molecule has 2 atom stereocenters. The van der Waals surface area contributed by atoms with Crippen molar-refractivity contribution in [3.05, 3.63) is 0 Å². The predicted octanol–water partition coefficient (Wildman–Crippen LogP) is -3.05. The van der Waals surface area contributed by atoms with Crippen LogP contribution in [0.2, 0.25) is 0 Å². The molecule has 2 unspecified atom stereocenters. The smallest absolute Gasteiger partial charge is 0.320 e. The topological polar surface area (TPSA) is 169 Å². The van der Waals surface area contributed by atoms with Gasteiger partial charge in [-0.05, 0) is 0 Å². The lowest BCUT2D eigenvalue weighted by Crippen LogP contribution is -2.50. The molecule has 112 valence electrons. The first-order chi connectivity index (χ1) is 8.47. The van der Waals surface area contributed by atoms with E-state index in [2.05, 4.69) is 14.4 Å². The van der Waals surface area contributed by atoms with Gasteiger partial charge >= 0.3 is 5.97 Å². The van der Waals surface area contributed by atoms with E-state index in [1.54, 1.807) is 0 Å². The fourth-order valence-corrected chi connectivity index (χ4v) is 0.970. The quantitative estimate of drug-likeness (QED) is 0.217. The molecule has 0 saturated heterocycles. The lowest BCUT2D eigenvalue weighted by molar-refractivity contribution is -0.153. The first-order valence-corrected chi connectivity index (χ1v) is 4.79. The van der Waals surface area contributed by atoms with Gasteiger partial charge in [-0.3, -0.25) is 19.7 Å². The first kappa shape index (κ1) is 20.0. The Labute approximate surface area is 115 Å². The number of esters is 1. The number of nitrogens with one attached hydrogen (secondary N) is 1. The van der Waals surface area contributed by atoms with Gasteiger partial charge in [0.05, 0.1) is 20.3 Å². The molecule has 0 aliphatic rings. The third kappa shape index (κ3) is 7.00. The number of rotatable bonds is 7. The molecule has 0 radical (unpaired) electrons. The highest BCUT2D eigenvalue weighted by atomic mass is 35.5. The summed E-state index contributed by atoms with van der Waals surface area (Å²) in [6, 6.07) is -1.14. The standard InChI is InChI=1S/C8H16N4O6.ClH/c1-16-8(15)4(2-17-10)6(13)12-7(14)5(9)3-18-11;/h4-5H,2-3,9-11H2,1H3,(H,12,13,14);1H. The molecule has 0 rings (SSSR count). The molecular formula is C8H17ClN4O6. The molecular weight excluding hydrogens is 284 g/mol. The van der Waals surface area contributed by atoms with Crippen LogP contribution >= 0.6 is 12.4 Å². The minimum Gasteiger partial charge on any atom is -0.468 e. The number of halogens is 1. The lowest BCUT2D eigenvalue weighted by Gasteiger charge is -2.14. The fraction of sp³-hybridized carbons (Fsp3) is 0.625. The number of hydrogen-bond donors (Lipinski definition) is 4. The average Bonchev–Trinajstić information content (AvgIpc) is 2.34. The maximum absolute atomic E-state index is 11.6. The van der Waals surface area contributed by atoms with Crippen molar-refractivity contribution in [1.82, 2.24) is 5.32 Å². The van der Waals surface area contributed by atoms with Gasteiger partial charge in [-0.25, -0.2) is 11.8 Å². The highest BCUT2D eigenvalue weighted by Crippen LogP contribution is 2.00. The lowest BCUT2D eigenvalue weighted by atomic mass is 10.1. The van der Waals surface area contributed by atoms with Gasteiger partial charge < -0.3 is 20.1 Å². The zero-order chi connectivity index (χ0) is 14.1. The van der Waals surface area contributed by atoms with E-state index in [0.29, 0.717) is 0 Å². The van der Waals surface area contributed by atoms with Gasteiger partial charge in [-0.15, -0.1) is 12.4 Å². The minimum absolute atomic E-state index is 0. The van der Waals surface area contributed by atoms with Crippen LogP contribution in [0.25, 0.3) is 0 Å². The Balaban J connectivity index is 0. The monoisotopic (exact) mass is 300 g/mol. The molecule has 10 nitrogen and oxygen atoms in total. The van der Waals surface area contributed by atoms with Crippen molar-refractivity contribution in [2.45, 2.75) is 6.04 Å². The molecule has 0 bridgehead atoms. The molecule has 0 aliphatic heterocycles. The molecule has 0 fully saturated rings. The Morgan fingerprint density at radius 2 is 1.63 bits per heavy atom. The number of methoxy groups -OCH3 is 1. The molecule has 2 amide bonds. The van der Waals surface area contributed by atoms with E-state index in [0.717, 1.165) is 7.11 Å². The van der Waals surface area contributed by atoms with Gasteiger partial charge in [-0.1, -0.05) is 0 Å². The van der Waals surface area contributed by atoms with Crippen molar-refractivity contribution in [3.8, 4) is 0 Å². The second-order valence-electron chi connectivity index (χ2n) is 3.20. The van der Waals surface area contributed by atoms with Crippen molar-refractivity contribution in [1.29, 1.82) is 0 Å². The third-order valence-electron chi connectivity index (χ3n) is 1.92. The Hall–Kier alpha value is -1.30. The van der Waals surface area contributed by atoms with Gasteiger partial charge in [-0.2, -0.15) is 0 Å². The van der Waals surface area contributed by atoms with Crippen molar-refractivity contribution >= 4 is 30.2 Å². The molecule has 0 aromatic heterocycles. The van der Waals surface area contributed by atoms with Crippen LogP contribution in [0, 0.1) is 5.92 Å². The number of nitrogens with two attached hydrogens (primary N) is 3. The van der Waals surface area contributed by atoms with E-state index in [1.807, 2.05) is 5.32 Å². The van der Waals surface area contributed by atoms with Crippen LogP contribution in [0.5, 0.6) is 0 Å². The number of carbonyl (C=O) groups excluding carboxylic acids is 3. The van der Waals surface area contributed by atoms with Crippen molar-refractivity contribution < 1.29 is 28.8 Å². The third-order valence-corrected chi connectivity index (χ3v) is 1.92. The molecule has 19 heavy (non-hydrogen) atoms. The van der Waals surface area contributed by atoms with E-state index in [9.17, 15) is 14.4 Å². The Bertz CT molecular complexity index is 316. The van der Waals surface area contributed by atoms with Crippen LogP contribution in [0.1, 0.15) is 0 Å². The zero-order valence-corrected chi connectivity index (χ0v) is 11.0. The molecule has 0 aliphatic carbocycles. The number of amides is 2. The molecule has 0 aromatic carbocycles. The van der Waals surface area contributed by atoms with Crippen LogP contribution in [-0.4, -0.2) is 44.1 Å². The Morgan fingerprint density at radius 1 is 1.11 bits per heavy atom. The van der Waals surface area contributed by atoms with E-state index >= 15 is 0 Å². The first-order valence-electron chi connectivity index (χ1n) is 4.79. The van der Waals surface area contributed by atoms with Crippen molar-refractivity contribution in [3.63, 3.8) is 0 Å². The normalized spacial score (nSPS) is 12.8. The van der Waals surface area contributed by atoms with E-state index in [1.165, 1.54) is 0 Å². The van der Waals surface area contributed by atoms with Gasteiger partial charge in [0.2, 0.25) is 11.8 Å². The average molecular weight is 301 g/mol. The summed E-state index contributed by atoms with van der Waals surface area (Å²) >= 11 is 0. The summed E-state index contributed by atoms with van der Waals surface area (Å²) in [5, 5.41) is 1.89. The van der Waals surface area contributed by atoms with E-state index in [4.69, 9.17) is 17.5 Å². The predicted molar refractivity (Wildman–Crippen MR) is 64.2 cm³/mol. The number of ether oxygens (including phenoxy) is 1. The van der Waals surface area contributed by atoms with E-state index < -0.39 is 36.4 Å². The highest BCUT2D eigenvalue weighted by Gasteiger charge is 2.30. The number of hydrogen-bond acceptors (Lipinski definition) is 9. The SMILES string of the molecule is COC(=O)C(CON)C(=O)NC(=O)C(N)CON.Cl. The molecule has 0 heterocycles. The highest BCUT2D eigenvalue weighted by molar-refractivity contribution is 6.06. The molecule has 0 spiro atoms. The maximum Gasteiger partial charge on any atom is 0.320 e. The van der Waals surface area contributed by atoms with E-state index in [-0.39, 0.29) is 19.0 Å². The summed E-state index contributed by atoms with van der Waals surface area (Å²) in [6.45, 7) is -0.718. The van der Waals surface area contributed by atoms with Crippen LogP contribution in [0.3, 0.4) is 0 Å². The molecule has 11 heteroatoms. The largest absolute Gasteiger partial charge is 0.468 e. The number of carbonyl (C=O) groups is 3. The summed E-state index contributed by atoms with van der Waals surface area (Å²) in [6.07, 6.45) is 0. The maximum atomic E-state index is 11.6. The zero-order valence-electron chi connectivity index (χ0n) is 10.2. The Morgan fingerprint density at radius 3 is 2.05 bits per heavy atom. The van der Waals surface area contributed by atoms with Crippen molar-refractivity contribution in [2.75, 3.05) is 20.3 Å². The molecule has 7 N–H and O–H groups in total. The van der Waals surface area contributed by atoms with Gasteiger partial charge in [0, 0.05) is 0 Å². The van der Waals surface area contributed by atoms with Gasteiger partial charge in [0.1, 0.15) is 6.04 Å². The summed E-state index contributed by atoms with van der Waals surface area (Å²) < 4.78 is 4.35.